The summed E-state index contributed by atoms with van der Waals surface area (Å²) < 4.78 is 9.50. The first-order valence-electron chi connectivity index (χ1n) is 6.97. The lowest BCUT2D eigenvalue weighted by Gasteiger charge is -2.09. The average molecular weight is 313 g/mol. The molecule has 0 saturated heterocycles. The first-order valence-corrected chi connectivity index (χ1v) is 6.97. The number of carbonyl (C=O) groups excluding carboxylic acids is 2. The molecule has 1 amide bonds. The number of amides is 1. The number of aryl methyl sites for hydroxylation is 1. The van der Waals surface area contributed by atoms with Crippen LogP contribution in [0.25, 0.3) is 0 Å². The van der Waals surface area contributed by atoms with E-state index in [4.69, 9.17) is 4.74 Å². The van der Waals surface area contributed by atoms with Crippen LogP contribution in [0.5, 0.6) is 0 Å². The third-order valence-electron chi connectivity index (χ3n) is 3.03. The van der Waals surface area contributed by atoms with Gasteiger partial charge in [-0.1, -0.05) is 60.2 Å². The van der Waals surface area contributed by atoms with E-state index in [0.717, 1.165) is 11.1 Å². The Labute approximate surface area is 134 Å². The molecule has 23 heavy (non-hydrogen) atoms. The van der Waals surface area contributed by atoms with E-state index in [9.17, 15) is 14.6 Å². The maximum atomic E-state index is 11.9. The summed E-state index contributed by atoms with van der Waals surface area (Å²) in [6.45, 7) is 1.93. The van der Waals surface area contributed by atoms with E-state index in [-0.39, 0.29) is 12.2 Å². The van der Waals surface area contributed by atoms with Gasteiger partial charge in [0.15, 0.2) is 5.68 Å². The fraction of sp³-hybridized carbons (Fsp3) is 0.125. The van der Waals surface area contributed by atoms with Crippen molar-refractivity contribution in [1.82, 2.24) is 5.48 Å². The van der Waals surface area contributed by atoms with Crippen molar-refractivity contribution in [2.45, 2.75) is 13.5 Å². The van der Waals surface area contributed by atoms with Gasteiger partial charge in [-0.3, -0.25) is 9.55 Å². The number of rotatable bonds is 6. The molecule has 0 unspecified atom stereocenters. The van der Waals surface area contributed by atoms with Crippen molar-refractivity contribution >= 4 is 18.9 Å². The second kappa shape index (κ2) is 8.12. The van der Waals surface area contributed by atoms with Crippen LogP contribution in [0, 0.1) is 6.92 Å². The normalized spacial score (nSPS) is 10.0. The van der Waals surface area contributed by atoms with Crippen molar-refractivity contribution in [1.29, 1.82) is 0 Å². The molecular formula is C16H16BNO5. The van der Waals surface area contributed by atoms with Crippen molar-refractivity contribution in [3.8, 4) is 0 Å². The summed E-state index contributed by atoms with van der Waals surface area (Å²) in [4.78, 5) is 23.3. The molecule has 6 nitrogen and oxygen atoms in total. The van der Waals surface area contributed by atoms with Crippen molar-refractivity contribution in [3.05, 3.63) is 71.3 Å². The number of hydrogen-bond acceptors (Lipinski definition) is 5. The Bertz CT molecular complexity index is 660. The van der Waals surface area contributed by atoms with E-state index < -0.39 is 18.9 Å². The molecule has 0 atom stereocenters. The van der Waals surface area contributed by atoms with Crippen molar-refractivity contribution < 1.29 is 24.1 Å². The highest BCUT2D eigenvalue weighted by Crippen LogP contribution is 2.05. The van der Waals surface area contributed by atoms with Gasteiger partial charge in [-0.25, -0.2) is 10.3 Å². The molecule has 0 aromatic heterocycles. The van der Waals surface area contributed by atoms with Crippen molar-refractivity contribution in [2.24, 2.45) is 0 Å². The van der Waals surface area contributed by atoms with E-state index in [2.05, 4.69) is 4.76 Å². The predicted octanol–water partition coefficient (Wildman–Crippen LogP) is 2.06. The van der Waals surface area contributed by atoms with E-state index in [1.807, 2.05) is 30.6 Å². The summed E-state index contributed by atoms with van der Waals surface area (Å²) in [6.07, 6.45) is -0.899. The summed E-state index contributed by atoms with van der Waals surface area (Å²) in [5.74, 6) is 0. The van der Waals surface area contributed by atoms with Crippen LogP contribution in [0.4, 0.5) is 4.79 Å². The van der Waals surface area contributed by atoms with Gasteiger partial charge >= 0.3 is 13.2 Å². The van der Waals surface area contributed by atoms with Gasteiger partial charge in [-0.15, -0.1) is 0 Å². The Morgan fingerprint density at radius 3 is 2.39 bits per heavy atom. The van der Waals surface area contributed by atoms with Gasteiger partial charge in [0, 0.05) is 5.56 Å². The highest BCUT2D eigenvalue weighted by Gasteiger charge is 2.27. The van der Waals surface area contributed by atoms with Crippen LogP contribution in [0.1, 0.15) is 21.5 Å². The van der Waals surface area contributed by atoms with Crippen LogP contribution in [0.2, 0.25) is 0 Å². The lowest BCUT2D eigenvalue weighted by atomic mass is 9.79. The highest BCUT2D eigenvalue weighted by molar-refractivity contribution is 6.82. The molecule has 0 spiro atoms. The summed E-state index contributed by atoms with van der Waals surface area (Å²) in [7, 11) is -1.80. The number of ether oxygens (including phenoxy) is 1. The molecule has 0 saturated carbocycles. The van der Waals surface area contributed by atoms with Crippen LogP contribution in [0.15, 0.2) is 54.6 Å². The Hall–Kier alpha value is -2.64. The molecule has 2 N–H and O–H groups in total. The summed E-state index contributed by atoms with van der Waals surface area (Å²) >= 11 is 0. The maximum absolute atomic E-state index is 11.9. The molecule has 2 aromatic rings. The zero-order valence-electron chi connectivity index (χ0n) is 12.6. The van der Waals surface area contributed by atoms with Crippen molar-refractivity contribution in [2.75, 3.05) is 0 Å². The monoisotopic (exact) mass is 313 g/mol. The molecular weight excluding hydrogens is 297 g/mol. The second-order valence-corrected chi connectivity index (χ2v) is 4.86. The fourth-order valence-electron chi connectivity index (χ4n) is 1.77. The molecule has 118 valence electrons. The Kier molecular flexibility index (Phi) is 5.90. The molecule has 0 aliphatic carbocycles. The first-order chi connectivity index (χ1) is 11.1. The SMILES string of the molecule is Cc1ccc(C(=O)B(O)ONC(=O)OCc2ccccc2)cc1. The van der Waals surface area contributed by atoms with Gasteiger partial charge in [0.2, 0.25) is 0 Å². The minimum absolute atomic E-state index is 0.0536. The Balaban J connectivity index is 1.77. The van der Waals surface area contributed by atoms with Crippen LogP contribution in [-0.4, -0.2) is 23.9 Å². The largest absolute Gasteiger partial charge is 0.557 e. The highest BCUT2D eigenvalue weighted by atomic mass is 16.7. The quantitative estimate of drug-likeness (QED) is 0.630. The van der Waals surface area contributed by atoms with Crippen LogP contribution >= 0.6 is 0 Å². The average Bonchev–Trinajstić information content (AvgIpc) is 2.58. The summed E-state index contributed by atoms with van der Waals surface area (Å²) in [5, 5.41) is 9.63. The lowest BCUT2D eigenvalue weighted by molar-refractivity contribution is 0.0781. The summed E-state index contributed by atoms with van der Waals surface area (Å²) in [5.41, 5.74) is 3.29. The third-order valence-corrected chi connectivity index (χ3v) is 3.03. The zero-order valence-corrected chi connectivity index (χ0v) is 12.6. The predicted molar refractivity (Wildman–Crippen MR) is 84.3 cm³/mol. The van der Waals surface area contributed by atoms with Crippen molar-refractivity contribution in [3.63, 3.8) is 0 Å². The second-order valence-electron chi connectivity index (χ2n) is 4.86. The molecule has 0 radical (unpaired) electrons. The van der Waals surface area contributed by atoms with E-state index >= 15 is 0 Å². The molecule has 0 bridgehead atoms. The number of carbonyl (C=O) groups is 2. The number of nitrogens with one attached hydrogen (secondary N) is 1. The zero-order chi connectivity index (χ0) is 16.7. The van der Waals surface area contributed by atoms with E-state index in [1.165, 1.54) is 0 Å². The van der Waals surface area contributed by atoms with Gasteiger partial charge in [-0.2, -0.15) is 0 Å². The van der Waals surface area contributed by atoms with Crippen LogP contribution in [0.3, 0.4) is 0 Å². The molecule has 0 aliphatic rings. The summed E-state index contributed by atoms with van der Waals surface area (Å²) in [6, 6.07) is 15.7. The molecule has 0 fully saturated rings. The van der Waals surface area contributed by atoms with Gasteiger partial charge < -0.3 is 9.76 Å². The Morgan fingerprint density at radius 1 is 1.09 bits per heavy atom. The van der Waals surface area contributed by atoms with Crippen LogP contribution in [-0.2, 0) is 16.1 Å². The van der Waals surface area contributed by atoms with Gasteiger partial charge in [0.05, 0.1) is 0 Å². The molecule has 0 heterocycles. The van der Waals surface area contributed by atoms with Gasteiger partial charge in [0.25, 0.3) is 0 Å². The fourth-order valence-corrected chi connectivity index (χ4v) is 1.77. The molecule has 7 heteroatoms. The minimum Gasteiger partial charge on any atom is -0.443 e. The topological polar surface area (TPSA) is 84.9 Å². The smallest absolute Gasteiger partial charge is 0.443 e. The minimum atomic E-state index is -1.80. The number of benzene rings is 2. The maximum Gasteiger partial charge on any atom is 0.557 e. The number of hydrogen-bond donors (Lipinski definition) is 2. The molecule has 2 rings (SSSR count). The molecule has 2 aromatic carbocycles. The van der Waals surface area contributed by atoms with Gasteiger partial charge in [0.1, 0.15) is 6.61 Å². The molecule has 0 aliphatic heterocycles. The standard InChI is InChI=1S/C16H16BNO5/c1-12-7-9-14(10-8-12)15(19)17(21)23-18-16(20)22-11-13-5-3-2-4-6-13/h2-10,21H,11H2,1H3,(H,18,20). The van der Waals surface area contributed by atoms with Gasteiger partial charge in [-0.05, 0) is 12.5 Å². The first kappa shape index (κ1) is 16.7. The Morgan fingerprint density at radius 2 is 1.74 bits per heavy atom. The lowest BCUT2D eigenvalue weighted by Crippen LogP contribution is -2.38. The third kappa shape index (κ3) is 5.25. The number of hydroxylamine groups is 1. The van der Waals surface area contributed by atoms with Crippen LogP contribution < -0.4 is 5.48 Å². The van der Waals surface area contributed by atoms with E-state index in [0.29, 0.717) is 0 Å². The van der Waals surface area contributed by atoms with E-state index in [1.54, 1.807) is 36.4 Å².